The summed E-state index contributed by atoms with van der Waals surface area (Å²) in [5.74, 6) is -0.541. The van der Waals surface area contributed by atoms with Crippen molar-refractivity contribution in [2.75, 3.05) is 6.26 Å². The average Bonchev–Trinajstić information content (AvgIpc) is 2.60. The molecule has 0 amide bonds. The second kappa shape index (κ2) is 8.97. The van der Waals surface area contributed by atoms with Crippen LogP contribution in [0.2, 0.25) is 0 Å². The lowest BCUT2D eigenvalue weighted by Crippen LogP contribution is -2.12. The molecule has 0 radical (unpaired) electrons. The van der Waals surface area contributed by atoms with Crippen LogP contribution in [0.4, 0.5) is 5.69 Å². The Hall–Kier alpha value is -2.31. The van der Waals surface area contributed by atoms with Gasteiger partial charge >= 0.3 is 5.97 Å². The highest BCUT2D eigenvalue weighted by atomic mass is 32.2. The number of esters is 1. The first kappa shape index (κ1) is 17.1. The molecule has 6 heteroatoms. The van der Waals surface area contributed by atoms with E-state index in [9.17, 15) is 4.79 Å². The maximum Gasteiger partial charge on any atom is 0.346 e. The second-order valence-electron chi connectivity index (χ2n) is 4.30. The standard InChI is InChI=1S/C17H14N2O2S2/c1-23-16(19-14-8-5-9-18-11-14)15(17(20)21-12-22)10-13-6-3-2-4-7-13/h2-12H,1H3. The third-order valence-electron chi connectivity index (χ3n) is 2.79. The van der Waals surface area contributed by atoms with Gasteiger partial charge in [-0.15, -0.1) is 11.8 Å². The predicted octanol–water partition coefficient (Wildman–Crippen LogP) is 4.06. The third kappa shape index (κ3) is 5.12. The Bertz CT molecular complexity index is 729. The lowest BCUT2D eigenvalue weighted by atomic mass is 10.1. The van der Waals surface area contributed by atoms with E-state index in [1.165, 1.54) is 11.8 Å². The minimum Gasteiger partial charge on any atom is -0.419 e. The zero-order valence-corrected chi connectivity index (χ0v) is 14.0. The van der Waals surface area contributed by atoms with Crippen molar-refractivity contribution in [2.45, 2.75) is 0 Å². The Kier molecular flexibility index (Phi) is 6.65. The van der Waals surface area contributed by atoms with Gasteiger partial charge in [0.15, 0.2) is 5.55 Å². The second-order valence-corrected chi connectivity index (χ2v) is 5.29. The number of hydrogen-bond donors (Lipinski definition) is 0. The van der Waals surface area contributed by atoms with Crippen LogP contribution < -0.4 is 0 Å². The fourth-order valence-electron chi connectivity index (χ4n) is 1.78. The molecule has 0 unspecified atom stereocenters. The van der Waals surface area contributed by atoms with Gasteiger partial charge in [-0.25, -0.2) is 9.79 Å². The zero-order valence-electron chi connectivity index (χ0n) is 12.4. The normalized spacial score (nSPS) is 11.9. The SMILES string of the molecule is CSC(=Nc1cccnc1)C(=Cc1ccccc1)C(=O)OC=S. The Morgan fingerprint density at radius 3 is 2.65 bits per heavy atom. The number of aromatic nitrogens is 1. The molecular formula is C17H14N2O2S2. The van der Waals surface area contributed by atoms with Crippen LogP contribution in [-0.4, -0.2) is 27.8 Å². The molecule has 0 saturated carbocycles. The lowest BCUT2D eigenvalue weighted by molar-refractivity contribution is -0.129. The summed E-state index contributed by atoms with van der Waals surface area (Å²) in [6.07, 6.45) is 6.87. The molecular weight excluding hydrogens is 328 g/mol. The predicted molar refractivity (Wildman–Crippen MR) is 99.0 cm³/mol. The van der Waals surface area contributed by atoms with Crippen molar-refractivity contribution >= 4 is 52.3 Å². The minimum atomic E-state index is -0.541. The van der Waals surface area contributed by atoms with E-state index in [4.69, 9.17) is 4.74 Å². The minimum absolute atomic E-state index is 0.341. The lowest BCUT2D eigenvalue weighted by Gasteiger charge is -2.07. The van der Waals surface area contributed by atoms with Crippen molar-refractivity contribution < 1.29 is 9.53 Å². The summed E-state index contributed by atoms with van der Waals surface area (Å²) >= 11 is 5.96. The summed E-state index contributed by atoms with van der Waals surface area (Å²) in [6, 6.07) is 13.1. The van der Waals surface area contributed by atoms with E-state index in [1.54, 1.807) is 24.5 Å². The molecule has 0 N–H and O–H groups in total. The summed E-state index contributed by atoms with van der Waals surface area (Å²) in [6.45, 7) is 0. The molecule has 0 aliphatic heterocycles. The van der Waals surface area contributed by atoms with Crippen LogP contribution in [0.3, 0.4) is 0 Å². The van der Waals surface area contributed by atoms with Crippen molar-refractivity contribution in [2.24, 2.45) is 4.99 Å². The molecule has 0 fully saturated rings. The van der Waals surface area contributed by atoms with Crippen molar-refractivity contribution in [3.05, 3.63) is 66.0 Å². The molecule has 0 aliphatic rings. The summed E-state index contributed by atoms with van der Waals surface area (Å²) in [4.78, 5) is 20.7. The van der Waals surface area contributed by atoms with Crippen LogP contribution in [0.1, 0.15) is 5.56 Å². The Labute approximate surface area is 144 Å². The van der Waals surface area contributed by atoms with Crippen molar-refractivity contribution in [3.8, 4) is 0 Å². The molecule has 0 atom stereocenters. The quantitative estimate of drug-likeness (QED) is 0.270. The van der Waals surface area contributed by atoms with E-state index in [1.807, 2.05) is 42.7 Å². The summed E-state index contributed by atoms with van der Waals surface area (Å²) in [5, 5.41) is 0.531. The zero-order chi connectivity index (χ0) is 16.5. The number of nitrogens with zero attached hydrogens (tertiary/aromatic N) is 2. The van der Waals surface area contributed by atoms with Crippen molar-refractivity contribution in [1.29, 1.82) is 0 Å². The summed E-state index contributed by atoms with van der Waals surface area (Å²) in [5.41, 5.74) is 2.82. The van der Waals surface area contributed by atoms with E-state index in [2.05, 4.69) is 22.2 Å². The van der Waals surface area contributed by atoms with E-state index in [0.717, 1.165) is 11.1 Å². The highest BCUT2D eigenvalue weighted by Gasteiger charge is 2.17. The number of ether oxygens (including phenoxy) is 1. The number of thiocarbonyl (C=S) groups is 1. The molecule has 1 heterocycles. The van der Waals surface area contributed by atoms with Gasteiger partial charge in [-0.1, -0.05) is 30.3 Å². The van der Waals surface area contributed by atoms with Gasteiger partial charge in [-0.05, 0) is 42.2 Å². The number of pyridine rings is 1. The molecule has 0 saturated heterocycles. The van der Waals surface area contributed by atoms with Gasteiger partial charge in [0, 0.05) is 6.20 Å². The van der Waals surface area contributed by atoms with Gasteiger partial charge in [0.2, 0.25) is 0 Å². The molecule has 1 aromatic carbocycles. The molecule has 0 bridgehead atoms. The van der Waals surface area contributed by atoms with Crippen LogP contribution in [0, 0.1) is 0 Å². The van der Waals surface area contributed by atoms with E-state index < -0.39 is 5.97 Å². The molecule has 0 spiro atoms. The first-order valence-electron chi connectivity index (χ1n) is 6.69. The van der Waals surface area contributed by atoms with Crippen LogP contribution in [-0.2, 0) is 9.53 Å². The van der Waals surface area contributed by atoms with Gasteiger partial charge in [0.1, 0.15) is 5.04 Å². The van der Waals surface area contributed by atoms with Gasteiger partial charge in [-0.3, -0.25) is 4.98 Å². The number of carbonyl (C=O) groups is 1. The van der Waals surface area contributed by atoms with Gasteiger partial charge in [-0.2, -0.15) is 0 Å². The molecule has 23 heavy (non-hydrogen) atoms. The number of benzene rings is 1. The van der Waals surface area contributed by atoms with Crippen LogP contribution in [0.25, 0.3) is 6.08 Å². The van der Waals surface area contributed by atoms with E-state index >= 15 is 0 Å². The van der Waals surface area contributed by atoms with Crippen molar-refractivity contribution in [1.82, 2.24) is 4.98 Å². The Morgan fingerprint density at radius 1 is 1.26 bits per heavy atom. The fourth-order valence-corrected chi connectivity index (χ4v) is 2.43. The Balaban J connectivity index is 2.46. The fraction of sp³-hybridized carbons (Fsp3) is 0.0588. The van der Waals surface area contributed by atoms with Gasteiger partial charge in [0.05, 0.1) is 17.5 Å². The molecule has 0 aliphatic carbocycles. The molecule has 116 valence electrons. The Morgan fingerprint density at radius 2 is 2.04 bits per heavy atom. The number of hydrogen-bond acceptors (Lipinski definition) is 6. The van der Waals surface area contributed by atoms with E-state index in [0.29, 0.717) is 16.3 Å². The highest BCUT2D eigenvalue weighted by molar-refractivity contribution is 8.14. The maximum atomic E-state index is 12.2. The number of rotatable bonds is 5. The van der Waals surface area contributed by atoms with Crippen LogP contribution in [0.5, 0.6) is 0 Å². The summed E-state index contributed by atoms with van der Waals surface area (Å²) < 4.78 is 4.87. The first-order chi connectivity index (χ1) is 11.2. The first-order valence-corrected chi connectivity index (χ1v) is 8.38. The number of carbonyl (C=O) groups excluding carboxylic acids is 1. The van der Waals surface area contributed by atoms with Crippen molar-refractivity contribution in [3.63, 3.8) is 0 Å². The highest BCUT2D eigenvalue weighted by Crippen LogP contribution is 2.20. The largest absolute Gasteiger partial charge is 0.419 e. The van der Waals surface area contributed by atoms with Gasteiger partial charge < -0.3 is 4.74 Å². The summed E-state index contributed by atoms with van der Waals surface area (Å²) in [7, 11) is 0. The third-order valence-corrected chi connectivity index (χ3v) is 3.58. The average molecular weight is 342 g/mol. The molecule has 2 rings (SSSR count). The molecule has 1 aromatic heterocycles. The number of aliphatic imine (C=N–C) groups is 1. The maximum absolute atomic E-state index is 12.2. The van der Waals surface area contributed by atoms with Crippen LogP contribution >= 0.6 is 24.0 Å². The van der Waals surface area contributed by atoms with E-state index in [-0.39, 0.29) is 0 Å². The van der Waals surface area contributed by atoms with Gasteiger partial charge in [0.25, 0.3) is 0 Å². The monoisotopic (exact) mass is 342 g/mol. The topological polar surface area (TPSA) is 51.5 Å². The van der Waals surface area contributed by atoms with Crippen LogP contribution in [0.15, 0.2) is 65.4 Å². The smallest absolute Gasteiger partial charge is 0.346 e. The molecule has 2 aromatic rings. The molecule has 4 nitrogen and oxygen atoms in total. The number of thioether (sulfide) groups is 1.